The molecule has 124 valence electrons. The number of rotatable bonds is 5. The number of hydrogen-bond acceptors (Lipinski definition) is 5. The van der Waals surface area contributed by atoms with E-state index in [4.69, 9.17) is 0 Å². The van der Waals surface area contributed by atoms with E-state index >= 15 is 0 Å². The molecule has 1 aromatic heterocycles. The molecule has 6 heteroatoms. The quantitative estimate of drug-likeness (QED) is 0.827. The number of carbonyl (C=O) groups excluding carboxylic acids is 1. The summed E-state index contributed by atoms with van der Waals surface area (Å²) in [5.74, 6) is 0.226. The van der Waals surface area contributed by atoms with Crippen molar-refractivity contribution < 1.29 is 4.79 Å². The molecule has 1 aromatic rings. The monoisotopic (exact) mass is 332 g/mol. The third-order valence-electron chi connectivity index (χ3n) is 5.05. The van der Waals surface area contributed by atoms with E-state index in [1.807, 2.05) is 22.4 Å². The predicted octanol–water partition coefficient (Wildman–Crippen LogP) is 1.94. The first-order valence-corrected chi connectivity index (χ1v) is 9.22. The molecule has 0 unspecified atom stereocenters. The van der Waals surface area contributed by atoms with Crippen LogP contribution in [0, 0.1) is 11.3 Å². The van der Waals surface area contributed by atoms with Gasteiger partial charge in [0.15, 0.2) is 0 Å². The molecule has 3 rings (SSSR count). The zero-order chi connectivity index (χ0) is 16.2. The Balaban J connectivity index is 1.49. The molecule has 2 fully saturated rings. The van der Waals surface area contributed by atoms with Crippen LogP contribution in [0.4, 0.5) is 0 Å². The van der Waals surface area contributed by atoms with Crippen LogP contribution in [0.25, 0.3) is 0 Å². The van der Waals surface area contributed by atoms with Crippen LogP contribution in [0.15, 0.2) is 17.5 Å². The molecule has 0 N–H and O–H groups in total. The number of amides is 1. The van der Waals surface area contributed by atoms with Crippen LogP contribution in [0.3, 0.4) is 0 Å². The maximum Gasteiger partial charge on any atom is 0.236 e. The van der Waals surface area contributed by atoms with Crippen molar-refractivity contribution in [1.29, 1.82) is 5.26 Å². The Hall–Kier alpha value is -1.42. The summed E-state index contributed by atoms with van der Waals surface area (Å²) in [4.78, 5) is 19.9. The number of likely N-dealkylation sites (N-methyl/N-ethyl adjacent to an activating group) is 1. The van der Waals surface area contributed by atoms with E-state index in [-0.39, 0.29) is 11.9 Å². The molecule has 0 radical (unpaired) electrons. The maximum atomic E-state index is 12.4. The average Bonchev–Trinajstić information content (AvgIpc) is 3.01. The summed E-state index contributed by atoms with van der Waals surface area (Å²) < 4.78 is 0. The summed E-state index contributed by atoms with van der Waals surface area (Å²) >= 11 is 1.63. The molecule has 1 saturated heterocycles. The van der Waals surface area contributed by atoms with Crippen LogP contribution in [0.2, 0.25) is 0 Å². The van der Waals surface area contributed by atoms with Crippen LogP contribution in [-0.4, -0.2) is 66.4 Å². The smallest absolute Gasteiger partial charge is 0.236 e. The molecule has 0 bridgehead atoms. The number of piperazine rings is 1. The SMILES string of the molecule is CN(CC(=O)N1CCN([C@@H](C#N)c2cccs2)CC1)C1CCC1. The minimum Gasteiger partial charge on any atom is -0.339 e. The zero-order valence-corrected chi connectivity index (χ0v) is 14.5. The van der Waals surface area contributed by atoms with Gasteiger partial charge in [-0.15, -0.1) is 11.3 Å². The van der Waals surface area contributed by atoms with E-state index in [1.165, 1.54) is 19.3 Å². The van der Waals surface area contributed by atoms with E-state index < -0.39 is 0 Å². The van der Waals surface area contributed by atoms with Crippen molar-refractivity contribution in [2.75, 3.05) is 39.8 Å². The van der Waals surface area contributed by atoms with Crippen molar-refractivity contribution in [2.24, 2.45) is 0 Å². The van der Waals surface area contributed by atoms with E-state index in [9.17, 15) is 10.1 Å². The maximum absolute atomic E-state index is 12.4. The fourth-order valence-corrected chi connectivity index (χ4v) is 4.07. The predicted molar refractivity (Wildman–Crippen MR) is 91.1 cm³/mol. The summed E-state index contributed by atoms with van der Waals surface area (Å²) in [5.41, 5.74) is 0. The lowest BCUT2D eigenvalue weighted by Crippen LogP contribution is -2.52. The lowest BCUT2D eigenvalue weighted by molar-refractivity contribution is -0.135. The highest BCUT2D eigenvalue weighted by atomic mass is 32.1. The zero-order valence-electron chi connectivity index (χ0n) is 13.6. The van der Waals surface area contributed by atoms with Gasteiger partial charge in [-0.3, -0.25) is 14.6 Å². The van der Waals surface area contributed by atoms with E-state index in [0.717, 1.165) is 31.1 Å². The van der Waals surface area contributed by atoms with Gasteiger partial charge in [-0.25, -0.2) is 0 Å². The normalized spacial score (nSPS) is 21.0. The van der Waals surface area contributed by atoms with E-state index in [1.54, 1.807) is 11.3 Å². The van der Waals surface area contributed by atoms with Gasteiger partial charge in [0.2, 0.25) is 5.91 Å². The van der Waals surface area contributed by atoms with Gasteiger partial charge in [0.25, 0.3) is 0 Å². The lowest BCUT2D eigenvalue weighted by atomic mass is 9.92. The topological polar surface area (TPSA) is 50.6 Å². The molecule has 2 heterocycles. The van der Waals surface area contributed by atoms with E-state index in [2.05, 4.69) is 22.9 Å². The van der Waals surface area contributed by atoms with Crippen molar-refractivity contribution in [1.82, 2.24) is 14.7 Å². The first kappa shape index (κ1) is 16.4. The number of carbonyl (C=O) groups is 1. The summed E-state index contributed by atoms with van der Waals surface area (Å²) in [6.45, 7) is 3.52. The first-order chi connectivity index (χ1) is 11.2. The Morgan fingerprint density at radius 1 is 1.43 bits per heavy atom. The number of nitriles is 1. The fraction of sp³-hybridized carbons (Fsp3) is 0.647. The number of nitrogens with zero attached hydrogens (tertiary/aromatic N) is 4. The minimum absolute atomic E-state index is 0.176. The largest absolute Gasteiger partial charge is 0.339 e. The second-order valence-corrected chi connectivity index (χ2v) is 7.44. The molecule has 1 aliphatic carbocycles. The molecular formula is C17H24N4OS. The first-order valence-electron chi connectivity index (χ1n) is 8.34. The summed E-state index contributed by atoms with van der Waals surface area (Å²) in [6, 6.07) is 6.83. The van der Waals surface area contributed by atoms with E-state index in [0.29, 0.717) is 12.6 Å². The lowest BCUT2D eigenvalue weighted by Gasteiger charge is -2.39. The van der Waals surface area contributed by atoms with Crippen molar-refractivity contribution in [2.45, 2.75) is 31.3 Å². The second kappa shape index (κ2) is 7.43. The highest BCUT2D eigenvalue weighted by molar-refractivity contribution is 7.10. The van der Waals surface area contributed by atoms with Gasteiger partial charge < -0.3 is 4.90 Å². The van der Waals surface area contributed by atoms with Crippen LogP contribution in [0.5, 0.6) is 0 Å². The molecule has 0 spiro atoms. The third-order valence-corrected chi connectivity index (χ3v) is 5.97. The highest BCUT2D eigenvalue weighted by Crippen LogP contribution is 2.26. The standard InChI is InChI=1S/C17H24N4OS/c1-19(14-4-2-5-14)13-17(22)21-9-7-20(8-10-21)15(12-18)16-6-3-11-23-16/h3,6,11,14-15H,2,4-5,7-10,13H2,1H3/t15-/m0/s1. The van der Waals surface area contributed by atoms with Gasteiger partial charge in [0.1, 0.15) is 6.04 Å². The average molecular weight is 332 g/mol. The van der Waals surface area contributed by atoms with Crippen LogP contribution in [0.1, 0.15) is 30.2 Å². The Morgan fingerprint density at radius 3 is 2.70 bits per heavy atom. The minimum atomic E-state index is -0.176. The van der Waals surface area contributed by atoms with Gasteiger partial charge >= 0.3 is 0 Å². The molecule has 23 heavy (non-hydrogen) atoms. The third kappa shape index (κ3) is 3.74. The van der Waals surface area contributed by atoms with Crippen LogP contribution >= 0.6 is 11.3 Å². The second-order valence-electron chi connectivity index (χ2n) is 6.46. The fourth-order valence-electron chi connectivity index (χ4n) is 3.27. The van der Waals surface area contributed by atoms with Crippen LogP contribution < -0.4 is 0 Å². The Kier molecular flexibility index (Phi) is 5.31. The Morgan fingerprint density at radius 2 is 2.17 bits per heavy atom. The van der Waals surface area contributed by atoms with Crippen molar-refractivity contribution in [3.63, 3.8) is 0 Å². The molecule has 1 atom stereocenters. The molecule has 1 amide bonds. The Labute approximate surface area is 142 Å². The van der Waals surface area contributed by atoms with Gasteiger partial charge in [-0.2, -0.15) is 5.26 Å². The number of thiophene rings is 1. The summed E-state index contributed by atoms with van der Waals surface area (Å²) in [5, 5.41) is 11.5. The number of hydrogen-bond donors (Lipinski definition) is 0. The van der Waals surface area contributed by atoms with Crippen LogP contribution in [-0.2, 0) is 4.79 Å². The van der Waals surface area contributed by atoms with Crippen molar-refractivity contribution in [3.05, 3.63) is 22.4 Å². The molecule has 1 aliphatic heterocycles. The molecule has 0 aromatic carbocycles. The summed E-state index contributed by atoms with van der Waals surface area (Å²) in [6.07, 6.45) is 3.74. The van der Waals surface area contributed by atoms with Gasteiger partial charge in [0.05, 0.1) is 12.6 Å². The summed E-state index contributed by atoms with van der Waals surface area (Å²) in [7, 11) is 2.06. The van der Waals surface area contributed by atoms with Gasteiger partial charge in [0, 0.05) is 37.1 Å². The molecular weight excluding hydrogens is 308 g/mol. The van der Waals surface area contributed by atoms with Gasteiger partial charge in [-0.1, -0.05) is 12.5 Å². The van der Waals surface area contributed by atoms with Crippen molar-refractivity contribution in [3.8, 4) is 6.07 Å². The van der Waals surface area contributed by atoms with Crippen molar-refractivity contribution >= 4 is 17.2 Å². The molecule has 5 nitrogen and oxygen atoms in total. The molecule has 2 aliphatic rings. The Bertz CT molecular complexity index is 556. The van der Waals surface area contributed by atoms with Gasteiger partial charge in [-0.05, 0) is 31.3 Å². The molecule has 1 saturated carbocycles. The highest BCUT2D eigenvalue weighted by Gasteiger charge is 2.29.